The molecule has 2 rings (SSSR count). The maximum atomic E-state index is 10.8. The maximum absolute atomic E-state index is 10.8. The molecule has 0 radical (unpaired) electrons. The molecule has 1 aromatic heterocycles. The minimum Gasteiger partial charge on any atom is -0.478 e. The van der Waals surface area contributed by atoms with Crippen LogP contribution in [0.4, 0.5) is 0 Å². The van der Waals surface area contributed by atoms with Crippen LogP contribution in [0.15, 0.2) is 36.5 Å². The van der Waals surface area contributed by atoms with E-state index in [4.69, 9.17) is 5.11 Å². The summed E-state index contributed by atoms with van der Waals surface area (Å²) in [5.74, 6) is 5.01. The molecule has 4 nitrogen and oxygen atoms in total. The molecule has 0 atom stereocenters. The first-order chi connectivity index (χ1) is 8.68. The highest BCUT2D eigenvalue weighted by atomic mass is 16.4. The van der Waals surface area contributed by atoms with Crippen LogP contribution in [0.2, 0.25) is 0 Å². The van der Waals surface area contributed by atoms with E-state index in [1.165, 1.54) is 6.20 Å². The minimum atomic E-state index is -0.963. The van der Waals surface area contributed by atoms with Gasteiger partial charge in [0.2, 0.25) is 0 Å². The fourth-order valence-corrected chi connectivity index (χ4v) is 1.55. The molecule has 0 fully saturated rings. The fraction of sp³-hybridized carbons (Fsp3) is 0.143. The van der Waals surface area contributed by atoms with E-state index in [9.17, 15) is 4.79 Å². The third-order valence-electron chi connectivity index (χ3n) is 2.57. The van der Waals surface area contributed by atoms with Gasteiger partial charge in [0.05, 0.1) is 11.9 Å². The third kappa shape index (κ3) is 2.58. The topological polar surface area (TPSA) is 55.1 Å². The number of hydrogen-bond donors (Lipinski definition) is 1. The molecular formula is C14H12N2O2. The molecule has 0 spiro atoms. The Labute approximate surface area is 105 Å². The third-order valence-corrected chi connectivity index (χ3v) is 2.57. The van der Waals surface area contributed by atoms with Crippen LogP contribution in [-0.4, -0.2) is 20.9 Å². The maximum Gasteiger partial charge on any atom is 0.339 e. The van der Waals surface area contributed by atoms with Gasteiger partial charge in [-0.2, -0.15) is 5.10 Å². The van der Waals surface area contributed by atoms with Gasteiger partial charge in [0, 0.05) is 5.56 Å². The van der Waals surface area contributed by atoms with Gasteiger partial charge in [0.1, 0.15) is 12.1 Å². The van der Waals surface area contributed by atoms with Crippen molar-refractivity contribution in [2.75, 3.05) is 0 Å². The number of carbonyl (C=O) groups is 1. The Bertz CT molecular complexity index is 618. The fourth-order valence-electron chi connectivity index (χ4n) is 1.55. The molecule has 0 amide bonds. The minimum absolute atomic E-state index is 0.219. The van der Waals surface area contributed by atoms with Crippen molar-refractivity contribution in [3.05, 3.63) is 53.3 Å². The molecule has 18 heavy (non-hydrogen) atoms. The SMILES string of the molecule is Cc1c(C(=O)O)cnn1CC#Cc1ccccc1. The zero-order valence-corrected chi connectivity index (χ0v) is 9.92. The van der Waals surface area contributed by atoms with Crippen molar-refractivity contribution in [2.24, 2.45) is 0 Å². The lowest BCUT2D eigenvalue weighted by atomic mass is 10.2. The molecule has 0 saturated carbocycles. The van der Waals surface area contributed by atoms with Crippen molar-refractivity contribution >= 4 is 5.97 Å². The van der Waals surface area contributed by atoms with E-state index in [1.807, 2.05) is 30.3 Å². The number of benzene rings is 1. The van der Waals surface area contributed by atoms with Crippen LogP contribution in [0.3, 0.4) is 0 Å². The van der Waals surface area contributed by atoms with E-state index in [0.29, 0.717) is 12.2 Å². The summed E-state index contributed by atoms with van der Waals surface area (Å²) in [5.41, 5.74) is 1.77. The van der Waals surface area contributed by atoms with Crippen LogP contribution >= 0.6 is 0 Å². The van der Waals surface area contributed by atoms with Gasteiger partial charge in [0.25, 0.3) is 0 Å². The molecule has 0 aliphatic carbocycles. The van der Waals surface area contributed by atoms with Crippen molar-refractivity contribution in [3.63, 3.8) is 0 Å². The molecule has 1 N–H and O–H groups in total. The van der Waals surface area contributed by atoms with Crippen molar-refractivity contribution in [1.29, 1.82) is 0 Å². The van der Waals surface area contributed by atoms with Crippen LogP contribution in [-0.2, 0) is 6.54 Å². The highest BCUT2D eigenvalue weighted by molar-refractivity contribution is 5.88. The first-order valence-electron chi connectivity index (χ1n) is 5.48. The van der Waals surface area contributed by atoms with Gasteiger partial charge in [-0.1, -0.05) is 30.0 Å². The van der Waals surface area contributed by atoms with Crippen molar-refractivity contribution in [3.8, 4) is 11.8 Å². The summed E-state index contributed by atoms with van der Waals surface area (Å²) in [5, 5.41) is 12.9. The molecule has 0 aliphatic heterocycles. The monoisotopic (exact) mass is 240 g/mol. The molecule has 1 heterocycles. The van der Waals surface area contributed by atoms with Gasteiger partial charge in [-0.15, -0.1) is 0 Å². The lowest BCUT2D eigenvalue weighted by Gasteiger charge is -1.98. The molecule has 0 bridgehead atoms. The lowest BCUT2D eigenvalue weighted by Crippen LogP contribution is -2.03. The molecule has 0 saturated heterocycles. The molecule has 2 aromatic rings. The molecule has 1 aromatic carbocycles. The van der Waals surface area contributed by atoms with E-state index in [-0.39, 0.29) is 5.56 Å². The van der Waals surface area contributed by atoms with Gasteiger partial charge in [-0.25, -0.2) is 4.79 Å². The number of aromatic carboxylic acids is 1. The highest BCUT2D eigenvalue weighted by Crippen LogP contribution is 2.06. The van der Waals surface area contributed by atoms with Crippen molar-refractivity contribution < 1.29 is 9.90 Å². The average molecular weight is 240 g/mol. The first kappa shape index (κ1) is 11.9. The summed E-state index contributed by atoms with van der Waals surface area (Å²) in [4.78, 5) is 10.8. The second kappa shape index (κ2) is 5.19. The summed E-state index contributed by atoms with van der Waals surface area (Å²) in [6.07, 6.45) is 1.35. The van der Waals surface area contributed by atoms with Crippen LogP contribution in [0.25, 0.3) is 0 Å². The first-order valence-corrected chi connectivity index (χ1v) is 5.48. The predicted molar refractivity (Wildman–Crippen MR) is 67.2 cm³/mol. The Morgan fingerprint density at radius 2 is 2.11 bits per heavy atom. The van der Waals surface area contributed by atoms with Crippen LogP contribution in [0.1, 0.15) is 21.6 Å². The van der Waals surface area contributed by atoms with Gasteiger partial charge in [-0.05, 0) is 19.1 Å². The predicted octanol–water partition coefficient (Wildman–Crippen LogP) is 1.94. The Kier molecular flexibility index (Phi) is 3.44. The highest BCUT2D eigenvalue weighted by Gasteiger charge is 2.11. The lowest BCUT2D eigenvalue weighted by molar-refractivity contribution is 0.0696. The summed E-state index contributed by atoms with van der Waals surface area (Å²) < 4.78 is 1.58. The van der Waals surface area contributed by atoms with Gasteiger partial charge < -0.3 is 5.11 Å². The zero-order valence-electron chi connectivity index (χ0n) is 9.92. The van der Waals surface area contributed by atoms with Crippen LogP contribution in [0, 0.1) is 18.8 Å². The van der Waals surface area contributed by atoms with Crippen molar-refractivity contribution in [2.45, 2.75) is 13.5 Å². The summed E-state index contributed by atoms with van der Waals surface area (Å²) in [6, 6.07) is 9.62. The Hall–Kier alpha value is -2.54. The van der Waals surface area contributed by atoms with Crippen LogP contribution < -0.4 is 0 Å². The zero-order chi connectivity index (χ0) is 13.0. The van der Waals surface area contributed by atoms with E-state index >= 15 is 0 Å². The van der Waals surface area contributed by atoms with E-state index in [1.54, 1.807) is 11.6 Å². The van der Waals surface area contributed by atoms with Gasteiger partial charge >= 0.3 is 5.97 Å². The summed E-state index contributed by atoms with van der Waals surface area (Å²) in [7, 11) is 0. The van der Waals surface area contributed by atoms with Gasteiger partial charge in [-0.3, -0.25) is 4.68 Å². The second-order valence-electron chi connectivity index (χ2n) is 3.77. The van der Waals surface area contributed by atoms with E-state index in [2.05, 4.69) is 16.9 Å². The quantitative estimate of drug-likeness (QED) is 0.816. The Morgan fingerprint density at radius 3 is 2.72 bits per heavy atom. The van der Waals surface area contributed by atoms with E-state index < -0.39 is 5.97 Å². The number of carboxylic acids is 1. The van der Waals surface area contributed by atoms with E-state index in [0.717, 1.165) is 5.56 Å². The molecule has 0 unspecified atom stereocenters. The second-order valence-corrected chi connectivity index (χ2v) is 3.77. The number of aromatic nitrogens is 2. The average Bonchev–Trinajstić information content (AvgIpc) is 2.73. The molecule has 4 heteroatoms. The summed E-state index contributed by atoms with van der Waals surface area (Å²) >= 11 is 0. The van der Waals surface area contributed by atoms with Crippen LogP contribution in [0.5, 0.6) is 0 Å². The molecule has 0 aliphatic rings. The smallest absolute Gasteiger partial charge is 0.339 e. The molecule has 90 valence electrons. The van der Waals surface area contributed by atoms with Gasteiger partial charge in [0.15, 0.2) is 0 Å². The molecular weight excluding hydrogens is 228 g/mol. The standard InChI is InChI=1S/C14H12N2O2/c1-11-13(14(17)18)10-15-16(11)9-5-8-12-6-3-2-4-7-12/h2-4,6-7,10H,9H2,1H3,(H,17,18). The number of carboxylic acid groups (broad SMARTS) is 1. The number of nitrogens with zero attached hydrogens (tertiary/aromatic N) is 2. The summed E-state index contributed by atoms with van der Waals surface area (Å²) in [6.45, 7) is 2.11. The number of hydrogen-bond acceptors (Lipinski definition) is 2. The normalized spacial score (nSPS) is 9.61. The Morgan fingerprint density at radius 1 is 1.39 bits per heavy atom. The van der Waals surface area contributed by atoms with Crippen molar-refractivity contribution in [1.82, 2.24) is 9.78 Å². The Balaban J connectivity index is 2.12. The largest absolute Gasteiger partial charge is 0.478 e. The number of rotatable bonds is 2.